The highest BCUT2D eigenvalue weighted by molar-refractivity contribution is 14.1. The molecule has 0 aromatic heterocycles. The molecule has 0 amide bonds. The van der Waals surface area contributed by atoms with E-state index in [0.29, 0.717) is 6.61 Å². The zero-order valence-corrected chi connectivity index (χ0v) is 9.65. The highest BCUT2D eigenvalue weighted by Crippen LogP contribution is 2.17. The minimum Gasteiger partial charge on any atom is -0.464 e. The summed E-state index contributed by atoms with van der Waals surface area (Å²) in [6, 6.07) is 7.76. The van der Waals surface area contributed by atoms with E-state index in [1.165, 1.54) is 0 Å². The molecule has 0 bridgehead atoms. The van der Waals surface area contributed by atoms with E-state index in [1.54, 1.807) is 0 Å². The molecule has 1 aromatic rings. The maximum absolute atomic E-state index is 11.2. The van der Waals surface area contributed by atoms with Crippen molar-refractivity contribution in [1.82, 2.24) is 0 Å². The van der Waals surface area contributed by atoms with Crippen LogP contribution in [0.1, 0.15) is 6.42 Å². The number of anilines is 1. The molecule has 1 atom stereocenters. The van der Waals surface area contributed by atoms with E-state index in [2.05, 4.69) is 27.9 Å². The van der Waals surface area contributed by atoms with Crippen molar-refractivity contribution in [3.63, 3.8) is 0 Å². The molecule has 0 saturated carbocycles. The van der Waals surface area contributed by atoms with Crippen LogP contribution in [0.25, 0.3) is 0 Å². The lowest BCUT2D eigenvalue weighted by molar-refractivity contribution is -0.138. The van der Waals surface area contributed by atoms with Crippen molar-refractivity contribution >= 4 is 34.2 Å². The average Bonchev–Trinajstić information content (AvgIpc) is 2.52. The molecule has 14 heavy (non-hydrogen) atoms. The summed E-state index contributed by atoms with van der Waals surface area (Å²) in [5.41, 5.74) is 0.973. The number of hydrogen-bond donors (Lipinski definition) is 1. The van der Waals surface area contributed by atoms with Gasteiger partial charge in [-0.05, 0) is 40.8 Å². The van der Waals surface area contributed by atoms with E-state index in [1.807, 2.05) is 24.3 Å². The summed E-state index contributed by atoms with van der Waals surface area (Å²) in [6.07, 6.45) is 0.754. The highest BCUT2D eigenvalue weighted by Gasteiger charge is 2.25. The Hall–Kier alpha value is -0.780. The van der Waals surface area contributed by atoms with Crippen LogP contribution in [0.15, 0.2) is 24.3 Å². The molecule has 1 unspecified atom stereocenters. The minimum atomic E-state index is -0.173. The molecule has 2 rings (SSSR count). The maximum Gasteiger partial charge on any atom is 0.328 e. The number of carbonyl (C=O) groups excluding carboxylic acids is 1. The number of benzene rings is 1. The molecule has 1 heterocycles. The third kappa shape index (κ3) is 2.17. The van der Waals surface area contributed by atoms with Crippen molar-refractivity contribution < 1.29 is 9.53 Å². The number of carbonyl (C=O) groups is 1. The van der Waals surface area contributed by atoms with Crippen LogP contribution in [-0.4, -0.2) is 18.6 Å². The summed E-state index contributed by atoms with van der Waals surface area (Å²) in [6.45, 7) is 0.528. The zero-order chi connectivity index (χ0) is 9.97. The number of hydrogen-bond acceptors (Lipinski definition) is 3. The molecular weight excluding hydrogens is 293 g/mol. The number of halogens is 1. The number of nitrogens with one attached hydrogen (secondary N) is 1. The first-order chi connectivity index (χ1) is 6.75. The number of esters is 1. The Balaban J connectivity index is 2.07. The fourth-order valence-electron chi connectivity index (χ4n) is 1.41. The molecule has 1 fully saturated rings. The van der Waals surface area contributed by atoms with Gasteiger partial charge in [-0.3, -0.25) is 0 Å². The van der Waals surface area contributed by atoms with E-state index in [9.17, 15) is 4.79 Å². The van der Waals surface area contributed by atoms with Gasteiger partial charge in [-0.1, -0.05) is 6.07 Å². The Morgan fingerprint density at radius 3 is 3.00 bits per heavy atom. The van der Waals surface area contributed by atoms with Crippen molar-refractivity contribution in [1.29, 1.82) is 0 Å². The van der Waals surface area contributed by atoms with E-state index < -0.39 is 0 Å². The van der Waals surface area contributed by atoms with Crippen LogP contribution < -0.4 is 5.32 Å². The lowest BCUT2D eigenvalue weighted by Crippen LogP contribution is -2.24. The maximum atomic E-state index is 11.2. The molecule has 1 saturated heterocycles. The Morgan fingerprint density at radius 2 is 2.36 bits per heavy atom. The Kier molecular flexibility index (Phi) is 2.90. The van der Waals surface area contributed by atoms with Gasteiger partial charge in [0.1, 0.15) is 6.04 Å². The molecule has 3 nitrogen and oxygen atoms in total. The lowest BCUT2D eigenvalue weighted by Gasteiger charge is -2.10. The number of ether oxygens (including phenoxy) is 1. The topological polar surface area (TPSA) is 38.3 Å². The van der Waals surface area contributed by atoms with Gasteiger partial charge in [0.2, 0.25) is 0 Å². The fourth-order valence-corrected chi connectivity index (χ4v) is 1.95. The largest absolute Gasteiger partial charge is 0.464 e. The zero-order valence-electron chi connectivity index (χ0n) is 7.50. The number of cyclic esters (lactones) is 1. The average molecular weight is 303 g/mol. The summed E-state index contributed by atoms with van der Waals surface area (Å²) < 4.78 is 6.02. The van der Waals surface area contributed by atoms with E-state index in [0.717, 1.165) is 15.7 Å². The van der Waals surface area contributed by atoms with E-state index in [-0.39, 0.29) is 12.0 Å². The summed E-state index contributed by atoms with van der Waals surface area (Å²) in [4.78, 5) is 11.2. The summed E-state index contributed by atoms with van der Waals surface area (Å²) >= 11 is 2.24. The van der Waals surface area contributed by atoms with Crippen LogP contribution in [0.3, 0.4) is 0 Å². The van der Waals surface area contributed by atoms with Crippen molar-refractivity contribution in [3.8, 4) is 0 Å². The van der Waals surface area contributed by atoms with Crippen molar-refractivity contribution in [2.75, 3.05) is 11.9 Å². The van der Waals surface area contributed by atoms with Crippen LogP contribution >= 0.6 is 22.6 Å². The van der Waals surface area contributed by atoms with Gasteiger partial charge >= 0.3 is 5.97 Å². The molecule has 74 valence electrons. The first-order valence-electron chi connectivity index (χ1n) is 4.44. The van der Waals surface area contributed by atoms with E-state index in [4.69, 9.17) is 4.74 Å². The molecule has 0 aliphatic carbocycles. The van der Waals surface area contributed by atoms with Crippen LogP contribution in [0.2, 0.25) is 0 Å². The van der Waals surface area contributed by atoms with Crippen molar-refractivity contribution in [2.24, 2.45) is 0 Å². The van der Waals surface area contributed by atoms with Gasteiger partial charge in [0.15, 0.2) is 0 Å². The van der Waals surface area contributed by atoms with Crippen LogP contribution in [0.5, 0.6) is 0 Å². The second-order valence-corrected chi connectivity index (χ2v) is 4.41. The summed E-state index contributed by atoms with van der Waals surface area (Å²) in [7, 11) is 0. The van der Waals surface area contributed by atoms with Gasteiger partial charge in [-0.15, -0.1) is 0 Å². The Labute approximate surface area is 96.0 Å². The lowest BCUT2D eigenvalue weighted by atomic mass is 10.2. The smallest absolute Gasteiger partial charge is 0.328 e. The quantitative estimate of drug-likeness (QED) is 0.671. The van der Waals surface area contributed by atoms with Gasteiger partial charge in [0, 0.05) is 15.7 Å². The van der Waals surface area contributed by atoms with Gasteiger partial charge in [0.05, 0.1) is 6.61 Å². The molecule has 4 heteroatoms. The van der Waals surface area contributed by atoms with Gasteiger partial charge in [-0.2, -0.15) is 0 Å². The van der Waals surface area contributed by atoms with Crippen molar-refractivity contribution in [2.45, 2.75) is 12.5 Å². The van der Waals surface area contributed by atoms with Gasteiger partial charge in [0.25, 0.3) is 0 Å². The van der Waals surface area contributed by atoms with Crippen molar-refractivity contribution in [3.05, 3.63) is 27.8 Å². The standard InChI is InChI=1S/C10H10INO2/c11-7-2-1-3-8(6-7)12-9-4-5-14-10(9)13/h1-3,6,9,12H,4-5H2. The molecule has 1 N–H and O–H groups in total. The van der Waals surface area contributed by atoms with E-state index >= 15 is 0 Å². The monoisotopic (exact) mass is 303 g/mol. The normalized spacial score (nSPS) is 20.6. The Morgan fingerprint density at radius 1 is 1.50 bits per heavy atom. The molecule has 0 radical (unpaired) electrons. The molecule has 1 aliphatic heterocycles. The van der Waals surface area contributed by atoms with Gasteiger partial charge < -0.3 is 10.1 Å². The first kappa shape index (κ1) is 9.76. The first-order valence-corrected chi connectivity index (χ1v) is 5.52. The predicted molar refractivity (Wildman–Crippen MR) is 62.1 cm³/mol. The predicted octanol–water partition coefficient (Wildman–Crippen LogP) is 2.02. The second-order valence-electron chi connectivity index (χ2n) is 3.16. The third-order valence-corrected chi connectivity index (χ3v) is 2.77. The number of rotatable bonds is 2. The highest BCUT2D eigenvalue weighted by atomic mass is 127. The molecular formula is C10H10INO2. The Bertz CT molecular complexity index is 354. The van der Waals surface area contributed by atoms with Crippen LogP contribution in [-0.2, 0) is 9.53 Å². The molecule has 1 aliphatic rings. The van der Waals surface area contributed by atoms with Gasteiger partial charge in [-0.25, -0.2) is 4.79 Å². The third-order valence-electron chi connectivity index (χ3n) is 2.10. The minimum absolute atomic E-state index is 0.149. The van der Waals surface area contributed by atoms with Crippen LogP contribution in [0, 0.1) is 3.57 Å². The van der Waals surface area contributed by atoms with Crippen LogP contribution in [0.4, 0.5) is 5.69 Å². The molecule has 0 spiro atoms. The second kappa shape index (κ2) is 4.16. The summed E-state index contributed by atoms with van der Waals surface area (Å²) in [5, 5.41) is 3.15. The SMILES string of the molecule is O=C1OCCC1Nc1cccc(I)c1. The molecule has 1 aromatic carbocycles. The summed E-state index contributed by atoms with van der Waals surface area (Å²) in [5.74, 6) is -0.149. The fraction of sp³-hybridized carbons (Fsp3) is 0.300.